The third kappa shape index (κ3) is 3.53. The van der Waals surface area contributed by atoms with Crippen molar-refractivity contribution >= 4 is 5.69 Å². The molecule has 2 atom stereocenters. The highest BCUT2D eigenvalue weighted by Gasteiger charge is 2.27. The van der Waals surface area contributed by atoms with Crippen molar-refractivity contribution < 1.29 is 5.11 Å². The zero-order chi connectivity index (χ0) is 14.6. The molecule has 0 aliphatic carbocycles. The third-order valence-corrected chi connectivity index (χ3v) is 4.32. The van der Waals surface area contributed by atoms with E-state index in [2.05, 4.69) is 41.4 Å². The highest BCUT2D eigenvalue weighted by atomic mass is 16.3. The molecule has 0 aromatic heterocycles. The Morgan fingerprint density at radius 1 is 1.35 bits per heavy atom. The van der Waals surface area contributed by atoms with Gasteiger partial charge in [0.25, 0.3) is 0 Å². The number of nitrogens with zero attached hydrogens (tertiary/aromatic N) is 1. The molecule has 2 N–H and O–H groups in total. The third-order valence-electron chi connectivity index (χ3n) is 4.32. The number of anilines is 1. The van der Waals surface area contributed by atoms with Crippen LogP contribution >= 0.6 is 0 Å². The molecule has 0 bridgehead atoms. The van der Waals surface area contributed by atoms with Crippen molar-refractivity contribution in [2.45, 2.75) is 51.7 Å². The van der Waals surface area contributed by atoms with Crippen LogP contribution in [0.4, 0.5) is 5.69 Å². The molecule has 112 valence electrons. The molecule has 20 heavy (non-hydrogen) atoms. The number of rotatable bonds is 5. The molecule has 1 heterocycles. The maximum absolute atomic E-state index is 10.4. The molecule has 1 aliphatic rings. The molecule has 2 unspecified atom stereocenters. The van der Waals surface area contributed by atoms with Gasteiger partial charge in [0.2, 0.25) is 0 Å². The van der Waals surface area contributed by atoms with Crippen molar-refractivity contribution in [3.05, 3.63) is 29.8 Å². The quantitative estimate of drug-likeness (QED) is 0.867. The Hall–Kier alpha value is -1.06. The van der Waals surface area contributed by atoms with Gasteiger partial charge in [-0.05, 0) is 44.4 Å². The Kier molecular flexibility index (Phi) is 5.06. The van der Waals surface area contributed by atoms with Gasteiger partial charge in [-0.25, -0.2) is 0 Å². The lowest BCUT2D eigenvalue weighted by Crippen LogP contribution is -2.41. The van der Waals surface area contributed by atoms with Gasteiger partial charge >= 0.3 is 0 Å². The van der Waals surface area contributed by atoms with Gasteiger partial charge in [0, 0.05) is 24.8 Å². The van der Waals surface area contributed by atoms with Crippen molar-refractivity contribution in [2.24, 2.45) is 0 Å². The second-order valence-electron chi connectivity index (χ2n) is 6.08. The monoisotopic (exact) mass is 276 g/mol. The fourth-order valence-electron chi connectivity index (χ4n) is 2.98. The summed E-state index contributed by atoms with van der Waals surface area (Å²) < 4.78 is 0. The van der Waals surface area contributed by atoms with E-state index in [4.69, 9.17) is 0 Å². The second kappa shape index (κ2) is 6.59. The maximum atomic E-state index is 10.4. The summed E-state index contributed by atoms with van der Waals surface area (Å²) in [6.07, 6.45) is 3.10. The van der Waals surface area contributed by atoms with E-state index < -0.39 is 5.60 Å². The lowest BCUT2D eigenvalue weighted by atomic mass is 10.0. The van der Waals surface area contributed by atoms with Gasteiger partial charge in [0.1, 0.15) is 0 Å². The fourth-order valence-corrected chi connectivity index (χ4v) is 2.98. The molecule has 0 spiro atoms. The van der Waals surface area contributed by atoms with Gasteiger partial charge in [-0.15, -0.1) is 0 Å². The number of benzene rings is 1. The minimum atomic E-state index is -0.620. The zero-order valence-corrected chi connectivity index (χ0v) is 13.0. The zero-order valence-electron chi connectivity index (χ0n) is 13.0. The Bertz CT molecular complexity index is 431. The first-order valence-electron chi connectivity index (χ1n) is 7.87. The first kappa shape index (κ1) is 15.3. The van der Waals surface area contributed by atoms with E-state index in [1.54, 1.807) is 0 Å². The molecule has 1 aromatic carbocycles. The van der Waals surface area contributed by atoms with Crippen molar-refractivity contribution in [1.82, 2.24) is 5.32 Å². The van der Waals surface area contributed by atoms with Gasteiger partial charge in [0.05, 0.1) is 5.60 Å². The predicted octanol–water partition coefficient (Wildman–Crippen LogP) is 3.10. The van der Waals surface area contributed by atoms with Crippen LogP contribution in [-0.4, -0.2) is 30.3 Å². The van der Waals surface area contributed by atoms with Gasteiger partial charge in [-0.1, -0.05) is 32.0 Å². The lowest BCUT2D eigenvalue weighted by Gasteiger charge is -2.33. The van der Waals surface area contributed by atoms with Crippen LogP contribution in [0.15, 0.2) is 24.3 Å². The topological polar surface area (TPSA) is 35.5 Å². The van der Waals surface area contributed by atoms with Crippen LogP contribution in [0.2, 0.25) is 0 Å². The number of hydrogen-bond donors (Lipinski definition) is 2. The molecular formula is C17H28N2O. The average molecular weight is 276 g/mol. The van der Waals surface area contributed by atoms with Crippen molar-refractivity contribution in [1.29, 1.82) is 0 Å². The Labute approximate surface area is 123 Å². The summed E-state index contributed by atoms with van der Waals surface area (Å²) in [6.45, 7) is 8.86. The summed E-state index contributed by atoms with van der Waals surface area (Å²) in [5.41, 5.74) is 2.04. The Balaban J connectivity index is 2.28. The van der Waals surface area contributed by atoms with Crippen LogP contribution in [0.3, 0.4) is 0 Å². The average Bonchev–Trinajstić information content (AvgIpc) is 2.60. The molecule has 0 amide bonds. The van der Waals surface area contributed by atoms with E-state index >= 15 is 0 Å². The van der Waals surface area contributed by atoms with E-state index in [-0.39, 0.29) is 0 Å². The van der Waals surface area contributed by atoms with Crippen LogP contribution in [0.25, 0.3) is 0 Å². The number of nitrogens with one attached hydrogen (secondary N) is 1. The molecule has 2 rings (SSSR count). The Morgan fingerprint density at radius 3 is 2.80 bits per heavy atom. The number of hydrogen-bond acceptors (Lipinski definition) is 3. The first-order valence-corrected chi connectivity index (χ1v) is 7.87. The summed E-state index contributed by atoms with van der Waals surface area (Å²) in [4.78, 5) is 2.36. The summed E-state index contributed by atoms with van der Waals surface area (Å²) in [5.74, 6) is 0. The van der Waals surface area contributed by atoms with Crippen molar-refractivity contribution in [3.63, 3.8) is 0 Å². The molecule has 0 saturated heterocycles. The largest absolute Gasteiger partial charge is 0.388 e. The van der Waals surface area contributed by atoms with Crippen LogP contribution in [0, 0.1) is 0 Å². The SMILES string of the molecule is CCNC1CCCN(CC(C)(O)CC)c2ccccc21. The molecule has 0 saturated carbocycles. The van der Waals surface area contributed by atoms with Gasteiger partial charge < -0.3 is 15.3 Å². The molecular weight excluding hydrogens is 248 g/mol. The van der Waals surface area contributed by atoms with E-state index in [1.807, 2.05) is 13.8 Å². The van der Waals surface area contributed by atoms with Gasteiger partial charge in [0.15, 0.2) is 0 Å². The highest BCUT2D eigenvalue weighted by molar-refractivity contribution is 5.56. The molecule has 1 aliphatic heterocycles. The number of para-hydroxylation sites is 1. The van der Waals surface area contributed by atoms with Crippen molar-refractivity contribution in [3.8, 4) is 0 Å². The predicted molar refractivity (Wildman–Crippen MR) is 85.2 cm³/mol. The summed E-state index contributed by atoms with van der Waals surface area (Å²) in [5, 5.41) is 14.0. The van der Waals surface area contributed by atoms with E-state index in [9.17, 15) is 5.11 Å². The van der Waals surface area contributed by atoms with Crippen LogP contribution < -0.4 is 10.2 Å². The number of aliphatic hydroxyl groups is 1. The minimum absolute atomic E-state index is 0.438. The number of β-amino-alcohol motifs (C(OH)–C–C–N with tert-alkyl or cyclic N) is 1. The van der Waals surface area contributed by atoms with Crippen LogP contribution in [0.5, 0.6) is 0 Å². The standard InChI is InChI=1S/C17H28N2O/c1-4-17(3,20)13-19-12-8-10-15(18-5-2)14-9-6-7-11-16(14)19/h6-7,9,11,15,18,20H,4-5,8,10,12-13H2,1-3H3. The lowest BCUT2D eigenvalue weighted by molar-refractivity contribution is 0.0630. The summed E-state index contributed by atoms with van der Waals surface area (Å²) in [7, 11) is 0. The molecule has 0 fully saturated rings. The normalized spacial score (nSPS) is 22.0. The van der Waals surface area contributed by atoms with Gasteiger partial charge in [-0.2, -0.15) is 0 Å². The summed E-state index contributed by atoms with van der Waals surface area (Å²) in [6, 6.07) is 9.07. The highest BCUT2D eigenvalue weighted by Crippen LogP contribution is 2.33. The van der Waals surface area contributed by atoms with Crippen molar-refractivity contribution in [2.75, 3.05) is 24.5 Å². The molecule has 3 heteroatoms. The molecule has 0 radical (unpaired) electrons. The van der Waals surface area contributed by atoms with E-state index in [1.165, 1.54) is 11.3 Å². The fraction of sp³-hybridized carbons (Fsp3) is 0.647. The minimum Gasteiger partial charge on any atom is -0.388 e. The van der Waals surface area contributed by atoms with E-state index in [0.717, 1.165) is 32.4 Å². The molecule has 3 nitrogen and oxygen atoms in total. The first-order chi connectivity index (χ1) is 9.57. The van der Waals surface area contributed by atoms with E-state index in [0.29, 0.717) is 12.6 Å². The second-order valence-corrected chi connectivity index (χ2v) is 6.08. The number of fused-ring (bicyclic) bond motifs is 1. The van der Waals surface area contributed by atoms with Crippen LogP contribution in [-0.2, 0) is 0 Å². The molecule has 1 aromatic rings. The van der Waals surface area contributed by atoms with Crippen LogP contribution in [0.1, 0.15) is 51.6 Å². The Morgan fingerprint density at radius 2 is 2.10 bits per heavy atom. The smallest absolute Gasteiger partial charge is 0.0791 e. The van der Waals surface area contributed by atoms with Gasteiger partial charge in [-0.3, -0.25) is 0 Å². The summed E-state index contributed by atoms with van der Waals surface area (Å²) >= 11 is 0. The maximum Gasteiger partial charge on any atom is 0.0791 e.